The molecule has 0 atom stereocenters. The molecule has 1 aromatic rings. The normalized spacial score (nSPS) is 9.83. The molecule has 0 N–H and O–H groups in total. The summed E-state index contributed by atoms with van der Waals surface area (Å²) in [5.74, 6) is 1.33. The lowest BCUT2D eigenvalue weighted by Gasteiger charge is -2.04. The Morgan fingerprint density at radius 1 is 1.25 bits per heavy atom. The van der Waals surface area contributed by atoms with Crippen molar-refractivity contribution in [2.45, 2.75) is 5.88 Å². The van der Waals surface area contributed by atoms with Crippen LogP contribution in [0.1, 0.15) is 5.56 Å². The summed E-state index contributed by atoms with van der Waals surface area (Å²) in [5, 5.41) is 0. The van der Waals surface area contributed by atoms with Crippen molar-refractivity contribution in [3.05, 3.63) is 29.8 Å². The summed E-state index contributed by atoms with van der Waals surface area (Å²) >= 11 is 5.62. The van der Waals surface area contributed by atoms with Gasteiger partial charge in [0.2, 0.25) is 0 Å². The molecule has 3 heteroatoms. The van der Waals surface area contributed by atoms with E-state index in [0.29, 0.717) is 5.88 Å². The Morgan fingerprint density at radius 3 is 2.42 bits per heavy atom. The average Bonchev–Trinajstić information content (AvgIpc) is 2.15. The van der Waals surface area contributed by atoms with Crippen molar-refractivity contribution in [2.24, 2.45) is 0 Å². The Hall–Kier alpha value is -0.730. The summed E-state index contributed by atoms with van der Waals surface area (Å²) in [6.07, 6.45) is 0. The zero-order valence-corrected chi connectivity index (χ0v) is 7.67. The Labute approximate surface area is 77.1 Å². The number of rotatable bonds is 4. The van der Waals surface area contributed by atoms with Gasteiger partial charge in [-0.15, -0.1) is 11.6 Å². The van der Waals surface area contributed by atoms with Gasteiger partial charge in [-0.05, 0) is 17.7 Å². The van der Waals surface area contributed by atoms with Gasteiger partial charge in [0.25, 0.3) is 0 Å². The van der Waals surface area contributed by atoms with Gasteiger partial charge in [0, 0.05) is 13.0 Å². The molecule has 1 aromatic carbocycles. The van der Waals surface area contributed by atoms with Crippen LogP contribution in [0.15, 0.2) is 24.3 Å². The Morgan fingerprint density at radius 2 is 1.92 bits per heavy atom. The van der Waals surface area contributed by atoms with E-state index in [4.69, 9.17) is 21.1 Å². The highest BCUT2D eigenvalue weighted by molar-refractivity contribution is 6.17. The van der Waals surface area contributed by atoms with Crippen LogP contribution in [0.3, 0.4) is 0 Å². The lowest BCUT2D eigenvalue weighted by Crippen LogP contribution is -1.98. The highest BCUT2D eigenvalue weighted by Crippen LogP contribution is 2.13. The van der Waals surface area contributed by atoms with Crippen molar-refractivity contribution in [3.8, 4) is 5.75 Å². The lowest BCUT2D eigenvalue weighted by molar-refractivity contribution is 0.0511. The van der Waals surface area contributed by atoms with Crippen LogP contribution in [0.5, 0.6) is 5.75 Å². The van der Waals surface area contributed by atoms with E-state index in [0.717, 1.165) is 11.3 Å². The van der Waals surface area contributed by atoms with Gasteiger partial charge in [-0.3, -0.25) is 0 Å². The van der Waals surface area contributed by atoms with Gasteiger partial charge in [-0.1, -0.05) is 12.1 Å². The predicted octanol–water partition coefficient (Wildman–Crippen LogP) is 2.41. The average molecular weight is 187 g/mol. The zero-order valence-electron chi connectivity index (χ0n) is 6.92. The van der Waals surface area contributed by atoms with Crippen LogP contribution in [0.25, 0.3) is 0 Å². The number of ether oxygens (including phenoxy) is 2. The second kappa shape index (κ2) is 5.01. The van der Waals surface area contributed by atoms with Crippen molar-refractivity contribution >= 4 is 11.6 Å². The maximum Gasteiger partial charge on any atom is 0.188 e. The van der Waals surface area contributed by atoms with Crippen molar-refractivity contribution in [2.75, 3.05) is 13.9 Å². The summed E-state index contributed by atoms with van der Waals surface area (Å²) in [4.78, 5) is 0. The van der Waals surface area contributed by atoms with Crippen LogP contribution in [-0.2, 0) is 10.6 Å². The molecule has 0 saturated heterocycles. The number of methoxy groups -OCH3 is 1. The van der Waals surface area contributed by atoms with Crippen LogP contribution in [0.2, 0.25) is 0 Å². The summed E-state index contributed by atoms with van der Waals surface area (Å²) in [6.45, 7) is 0.278. The first-order valence-electron chi connectivity index (χ1n) is 3.63. The molecule has 0 heterocycles. The number of benzene rings is 1. The molecule has 2 nitrogen and oxygen atoms in total. The number of hydrogen-bond donors (Lipinski definition) is 0. The lowest BCUT2D eigenvalue weighted by atomic mass is 10.2. The highest BCUT2D eigenvalue weighted by atomic mass is 35.5. The van der Waals surface area contributed by atoms with Gasteiger partial charge < -0.3 is 9.47 Å². The monoisotopic (exact) mass is 186 g/mol. The van der Waals surface area contributed by atoms with Crippen molar-refractivity contribution in [3.63, 3.8) is 0 Å². The molecule has 0 unspecified atom stereocenters. The van der Waals surface area contributed by atoms with E-state index in [2.05, 4.69) is 0 Å². The van der Waals surface area contributed by atoms with Gasteiger partial charge in [-0.25, -0.2) is 0 Å². The van der Waals surface area contributed by atoms with Gasteiger partial charge in [0.15, 0.2) is 6.79 Å². The summed E-state index contributed by atoms with van der Waals surface area (Å²) in [7, 11) is 1.59. The molecule has 0 spiro atoms. The van der Waals surface area contributed by atoms with E-state index in [1.54, 1.807) is 7.11 Å². The third-order valence-corrected chi connectivity index (χ3v) is 1.73. The maximum atomic E-state index is 5.62. The topological polar surface area (TPSA) is 18.5 Å². The molecule has 0 saturated carbocycles. The number of alkyl halides is 1. The van der Waals surface area contributed by atoms with E-state index in [1.807, 2.05) is 24.3 Å². The van der Waals surface area contributed by atoms with Gasteiger partial charge in [0.1, 0.15) is 5.75 Å². The maximum absolute atomic E-state index is 5.62. The first-order valence-corrected chi connectivity index (χ1v) is 4.17. The number of hydrogen-bond acceptors (Lipinski definition) is 2. The van der Waals surface area contributed by atoms with E-state index < -0.39 is 0 Å². The predicted molar refractivity (Wildman–Crippen MR) is 48.5 cm³/mol. The third kappa shape index (κ3) is 2.72. The summed E-state index contributed by atoms with van der Waals surface area (Å²) in [5.41, 5.74) is 1.08. The van der Waals surface area contributed by atoms with E-state index in [9.17, 15) is 0 Å². The van der Waals surface area contributed by atoms with E-state index in [1.165, 1.54) is 0 Å². The summed E-state index contributed by atoms with van der Waals surface area (Å²) < 4.78 is 9.94. The molecule has 0 radical (unpaired) electrons. The van der Waals surface area contributed by atoms with Gasteiger partial charge >= 0.3 is 0 Å². The minimum atomic E-state index is 0.278. The zero-order chi connectivity index (χ0) is 8.81. The first-order chi connectivity index (χ1) is 5.86. The van der Waals surface area contributed by atoms with Crippen molar-refractivity contribution in [1.82, 2.24) is 0 Å². The van der Waals surface area contributed by atoms with Crippen LogP contribution in [0.4, 0.5) is 0 Å². The standard InChI is InChI=1S/C9H11ClO2/c1-11-7-12-9-4-2-8(6-10)3-5-9/h2-5H,6-7H2,1H3. The fourth-order valence-corrected chi connectivity index (χ4v) is 0.980. The largest absolute Gasteiger partial charge is 0.468 e. The van der Waals surface area contributed by atoms with E-state index >= 15 is 0 Å². The number of halogens is 1. The van der Waals surface area contributed by atoms with Crippen LogP contribution >= 0.6 is 11.6 Å². The molecule has 0 amide bonds. The molecule has 0 aliphatic rings. The smallest absolute Gasteiger partial charge is 0.188 e. The molecule has 0 fully saturated rings. The van der Waals surface area contributed by atoms with Crippen molar-refractivity contribution in [1.29, 1.82) is 0 Å². The minimum Gasteiger partial charge on any atom is -0.468 e. The molecule has 1 rings (SSSR count). The molecule has 0 aromatic heterocycles. The SMILES string of the molecule is COCOc1ccc(CCl)cc1. The van der Waals surface area contributed by atoms with E-state index in [-0.39, 0.29) is 6.79 Å². The van der Waals surface area contributed by atoms with Crippen LogP contribution < -0.4 is 4.74 Å². The molecule has 66 valence electrons. The third-order valence-electron chi connectivity index (χ3n) is 1.42. The van der Waals surface area contributed by atoms with Gasteiger partial charge in [0.05, 0.1) is 0 Å². The molecule has 0 aliphatic carbocycles. The molecular formula is C9H11ClO2. The second-order valence-corrected chi connectivity index (χ2v) is 2.60. The summed E-state index contributed by atoms with van der Waals surface area (Å²) in [6, 6.07) is 7.60. The Kier molecular flexibility index (Phi) is 3.91. The second-order valence-electron chi connectivity index (χ2n) is 2.33. The highest BCUT2D eigenvalue weighted by Gasteiger charge is 1.92. The first kappa shape index (κ1) is 9.36. The molecule has 0 aliphatic heterocycles. The fraction of sp³-hybridized carbons (Fsp3) is 0.333. The molecule has 0 bridgehead atoms. The minimum absolute atomic E-state index is 0.278. The van der Waals surface area contributed by atoms with Gasteiger partial charge in [-0.2, -0.15) is 0 Å². The molecular weight excluding hydrogens is 176 g/mol. The van der Waals surface area contributed by atoms with Crippen LogP contribution in [0, 0.1) is 0 Å². The van der Waals surface area contributed by atoms with Crippen LogP contribution in [-0.4, -0.2) is 13.9 Å². The molecule has 12 heavy (non-hydrogen) atoms. The fourth-order valence-electron chi connectivity index (χ4n) is 0.802. The van der Waals surface area contributed by atoms with Crippen molar-refractivity contribution < 1.29 is 9.47 Å². The quantitative estimate of drug-likeness (QED) is 0.531. The Balaban J connectivity index is 2.53. The Bertz CT molecular complexity index is 220.